The first kappa shape index (κ1) is 27.6. The van der Waals surface area contributed by atoms with Crippen molar-refractivity contribution in [3.8, 4) is 0 Å². The van der Waals surface area contributed by atoms with Gasteiger partial charge in [0, 0.05) is 28.4 Å². The van der Waals surface area contributed by atoms with Gasteiger partial charge in [-0.2, -0.15) is 0 Å². The molecule has 1 aromatic heterocycles. The van der Waals surface area contributed by atoms with Crippen LogP contribution < -0.4 is 5.32 Å². The molecule has 3 aromatic carbocycles. The van der Waals surface area contributed by atoms with Crippen LogP contribution in [-0.4, -0.2) is 33.6 Å². The largest absolute Gasteiger partial charge is 0.351 e. The third kappa shape index (κ3) is 5.30. The van der Waals surface area contributed by atoms with E-state index < -0.39 is 5.54 Å². The van der Waals surface area contributed by atoms with Crippen LogP contribution in [0.3, 0.4) is 0 Å². The van der Waals surface area contributed by atoms with Crippen molar-refractivity contribution in [2.75, 3.05) is 6.26 Å². The maximum atomic E-state index is 14.8. The Morgan fingerprint density at radius 3 is 2.34 bits per heavy atom. The summed E-state index contributed by atoms with van der Waals surface area (Å²) < 4.78 is 2.09. The molecule has 0 radical (unpaired) electrons. The molecule has 5 nitrogen and oxygen atoms in total. The van der Waals surface area contributed by atoms with E-state index in [-0.39, 0.29) is 17.9 Å². The van der Waals surface area contributed by atoms with Crippen molar-refractivity contribution in [2.45, 2.75) is 81.4 Å². The Kier molecular flexibility index (Phi) is 7.94. The van der Waals surface area contributed by atoms with Gasteiger partial charge in [0.25, 0.3) is 11.8 Å². The van der Waals surface area contributed by atoms with E-state index in [1.807, 2.05) is 41.3 Å². The van der Waals surface area contributed by atoms with E-state index >= 15 is 0 Å². The molecule has 2 amide bonds. The van der Waals surface area contributed by atoms with E-state index in [4.69, 9.17) is 0 Å². The van der Waals surface area contributed by atoms with Gasteiger partial charge in [-0.3, -0.25) is 9.59 Å². The number of aromatic nitrogens is 1. The van der Waals surface area contributed by atoms with Gasteiger partial charge in [0.05, 0.1) is 6.54 Å². The number of hydrogen-bond donors (Lipinski definition) is 1. The van der Waals surface area contributed by atoms with Gasteiger partial charge in [-0.1, -0.05) is 86.7 Å². The average Bonchev–Trinajstić information content (AvgIpc) is 3.34. The summed E-state index contributed by atoms with van der Waals surface area (Å²) in [6.45, 7) is 2.79. The summed E-state index contributed by atoms with van der Waals surface area (Å²) in [6, 6.07) is 26.7. The molecule has 1 fully saturated rings. The van der Waals surface area contributed by atoms with Crippen molar-refractivity contribution in [1.82, 2.24) is 14.8 Å². The number of hydrogen-bond acceptors (Lipinski definition) is 3. The topological polar surface area (TPSA) is 54.3 Å². The predicted molar refractivity (Wildman–Crippen MR) is 167 cm³/mol. The van der Waals surface area contributed by atoms with Gasteiger partial charge in [0.2, 0.25) is 0 Å². The molecule has 1 aliphatic carbocycles. The maximum absolute atomic E-state index is 14.8. The fraction of sp³-hybridized carbons (Fsp3) is 0.371. The maximum Gasteiger partial charge on any atom is 0.272 e. The Labute approximate surface area is 247 Å². The summed E-state index contributed by atoms with van der Waals surface area (Å²) in [5.74, 6) is -0.195. The van der Waals surface area contributed by atoms with Crippen molar-refractivity contribution >= 4 is 34.5 Å². The van der Waals surface area contributed by atoms with Crippen LogP contribution in [0.15, 0.2) is 83.8 Å². The van der Waals surface area contributed by atoms with Crippen LogP contribution in [0.5, 0.6) is 0 Å². The van der Waals surface area contributed by atoms with Gasteiger partial charge in [-0.05, 0) is 67.0 Å². The summed E-state index contributed by atoms with van der Waals surface area (Å²) in [4.78, 5) is 32.5. The second-order valence-corrected chi connectivity index (χ2v) is 12.5. The van der Waals surface area contributed by atoms with Crippen LogP contribution in [0.4, 0.5) is 0 Å². The lowest BCUT2D eigenvalue weighted by Gasteiger charge is -2.47. The quantitative estimate of drug-likeness (QED) is 0.247. The minimum atomic E-state index is -1.19. The SMILES string of the molecule is CSc1ccc(CN2C(=O)c3cc4ccc(C)cc4n3CC2(C(=O)NC2CCCCCCC2)c2ccccc2)cc1. The lowest BCUT2D eigenvalue weighted by atomic mass is 9.83. The number of fused-ring (bicyclic) bond motifs is 3. The standard InChI is InChI=1S/C35H39N3O2S/c1-25-15-18-27-22-32-33(39)38(23-26-16-19-30(41-2)20-17-26)35(24-37(32)31(27)21-25,28-11-7-6-8-12-28)34(40)36-29-13-9-4-3-5-10-14-29/h6-8,11-12,15-22,29H,3-5,9-10,13-14,23-24H2,1-2H3,(H,36,40). The van der Waals surface area contributed by atoms with E-state index in [9.17, 15) is 9.59 Å². The number of rotatable bonds is 6. The molecule has 212 valence electrons. The highest BCUT2D eigenvalue weighted by molar-refractivity contribution is 7.98. The molecule has 6 heteroatoms. The molecule has 0 saturated heterocycles. The monoisotopic (exact) mass is 565 g/mol. The molecular weight excluding hydrogens is 526 g/mol. The second-order valence-electron chi connectivity index (χ2n) is 11.7. The zero-order valence-corrected chi connectivity index (χ0v) is 24.9. The normalized spacial score (nSPS) is 20.0. The van der Waals surface area contributed by atoms with Crippen molar-refractivity contribution in [3.05, 3.63) is 101 Å². The summed E-state index contributed by atoms with van der Waals surface area (Å²) in [5, 5.41) is 4.50. The Morgan fingerprint density at radius 2 is 1.63 bits per heavy atom. The molecule has 1 N–H and O–H groups in total. The molecule has 1 saturated carbocycles. The molecule has 4 aromatic rings. The molecule has 0 spiro atoms. The smallest absolute Gasteiger partial charge is 0.272 e. The Hall–Kier alpha value is -3.51. The first-order valence-electron chi connectivity index (χ1n) is 14.9. The number of benzene rings is 3. The average molecular weight is 566 g/mol. The Bertz CT molecular complexity index is 1540. The van der Waals surface area contributed by atoms with Crippen LogP contribution in [0.1, 0.15) is 72.1 Å². The van der Waals surface area contributed by atoms with Crippen LogP contribution in [0.2, 0.25) is 0 Å². The molecule has 2 aliphatic rings. The fourth-order valence-corrected chi connectivity index (χ4v) is 7.06. The van der Waals surface area contributed by atoms with E-state index in [0.29, 0.717) is 18.8 Å². The highest BCUT2D eigenvalue weighted by Gasteiger charge is 2.52. The Morgan fingerprint density at radius 1 is 0.927 bits per heavy atom. The minimum absolute atomic E-state index is 0.0801. The zero-order chi connectivity index (χ0) is 28.4. The number of amides is 2. The third-order valence-corrected chi connectivity index (χ3v) is 9.68. The van der Waals surface area contributed by atoms with E-state index in [0.717, 1.165) is 53.3 Å². The summed E-state index contributed by atoms with van der Waals surface area (Å²) in [7, 11) is 0. The highest BCUT2D eigenvalue weighted by atomic mass is 32.2. The highest BCUT2D eigenvalue weighted by Crippen LogP contribution is 2.41. The summed E-state index contributed by atoms with van der Waals surface area (Å²) >= 11 is 1.69. The number of nitrogens with one attached hydrogen (secondary N) is 1. The van der Waals surface area contributed by atoms with E-state index in [1.54, 1.807) is 11.8 Å². The van der Waals surface area contributed by atoms with Crippen molar-refractivity contribution < 1.29 is 9.59 Å². The number of carbonyl (C=O) groups excluding carboxylic acids is 2. The summed E-state index contributed by atoms with van der Waals surface area (Å²) in [5.41, 5.74) is 3.43. The first-order valence-corrected chi connectivity index (χ1v) is 16.1. The molecule has 41 heavy (non-hydrogen) atoms. The van der Waals surface area contributed by atoms with Crippen molar-refractivity contribution in [3.63, 3.8) is 0 Å². The molecular formula is C35H39N3O2S. The molecule has 1 aliphatic heterocycles. The molecule has 2 heterocycles. The lowest BCUT2D eigenvalue weighted by molar-refractivity contribution is -0.136. The van der Waals surface area contributed by atoms with Crippen LogP contribution >= 0.6 is 11.8 Å². The van der Waals surface area contributed by atoms with Crippen molar-refractivity contribution in [1.29, 1.82) is 0 Å². The molecule has 6 rings (SSSR count). The van der Waals surface area contributed by atoms with E-state index in [2.05, 4.69) is 65.5 Å². The molecule has 1 atom stereocenters. The number of aryl methyl sites for hydroxylation is 1. The van der Waals surface area contributed by atoms with Crippen LogP contribution in [-0.2, 0) is 23.4 Å². The van der Waals surface area contributed by atoms with Gasteiger partial charge >= 0.3 is 0 Å². The van der Waals surface area contributed by atoms with Gasteiger partial charge in [-0.25, -0.2) is 0 Å². The number of nitrogens with zero attached hydrogens (tertiary/aromatic N) is 2. The van der Waals surface area contributed by atoms with Crippen molar-refractivity contribution in [2.24, 2.45) is 0 Å². The van der Waals surface area contributed by atoms with Gasteiger partial charge < -0.3 is 14.8 Å². The van der Waals surface area contributed by atoms with Crippen LogP contribution in [0, 0.1) is 6.92 Å². The first-order chi connectivity index (χ1) is 20.0. The third-order valence-electron chi connectivity index (χ3n) is 8.94. The fourth-order valence-electron chi connectivity index (χ4n) is 6.65. The predicted octanol–water partition coefficient (Wildman–Crippen LogP) is 7.45. The van der Waals surface area contributed by atoms with Gasteiger partial charge in [0.15, 0.2) is 5.54 Å². The number of thioether (sulfide) groups is 1. The molecule has 0 bridgehead atoms. The number of carbonyl (C=O) groups is 2. The Balaban J connectivity index is 1.51. The second kappa shape index (κ2) is 11.8. The van der Waals surface area contributed by atoms with E-state index in [1.165, 1.54) is 24.2 Å². The van der Waals surface area contributed by atoms with Gasteiger partial charge in [0.1, 0.15) is 5.69 Å². The lowest BCUT2D eigenvalue weighted by Crippen LogP contribution is -2.64. The van der Waals surface area contributed by atoms with Gasteiger partial charge in [-0.15, -0.1) is 11.8 Å². The zero-order valence-electron chi connectivity index (χ0n) is 24.1. The van der Waals surface area contributed by atoms with Crippen LogP contribution in [0.25, 0.3) is 10.9 Å². The minimum Gasteiger partial charge on any atom is -0.351 e. The summed E-state index contributed by atoms with van der Waals surface area (Å²) in [6.07, 6.45) is 9.98. The molecule has 1 unspecified atom stereocenters.